The number of aliphatic carboxylic acids is 1. The van der Waals surface area contributed by atoms with Crippen molar-refractivity contribution in [3.05, 3.63) is 0 Å². The minimum atomic E-state index is -3.50. The number of carboxylic acid groups (broad SMARTS) is 1. The van der Waals surface area contributed by atoms with E-state index < -0.39 is 21.6 Å². The van der Waals surface area contributed by atoms with Gasteiger partial charge in [-0.1, -0.05) is 0 Å². The Balaban J connectivity index is 2.08. The van der Waals surface area contributed by atoms with Crippen LogP contribution in [0.15, 0.2) is 0 Å². The summed E-state index contributed by atoms with van der Waals surface area (Å²) < 4.78 is 27.8. The van der Waals surface area contributed by atoms with Crippen molar-refractivity contribution >= 4 is 16.2 Å². The third-order valence-electron chi connectivity index (χ3n) is 3.41. The molecular weight excluding hydrogens is 244 g/mol. The van der Waals surface area contributed by atoms with Crippen molar-refractivity contribution in [1.29, 1.82) is 0 Å². The summed E-state index contributed by atoms with van der Waals surface area (Å²) in [5.74, 6) is -0.927. The lowest BCUT2D eigenvalue weighted by Gasteiger charge is -2.36. The molecule has 0 bridgehead atoms. The second-order valence-corrected chi connectivity index (χ2v) is 6.90. The Bertz CT molecular complexity index is 418. The molecule has 2 fully saturated rings. The smallest absolute Gasteiger partial charge is 0.310 e. The lowest BCUT2D eigenvalue weighted by atomic mass is 9.83. The summed E-state index contributed by atoms with van der Waals surface area (Å²) in [5, 5.41) is 9.13. The summed E-state index contributed by atoms with van der Waals surface area (Å²) in [7, 11) is -3.50. The molecule has 0 aromatic rings. The van der Waals surface area contributed by atoms with Gasteiger partial charge in [0, 0.05) is 19.1 Å². The van der Waals surface area contributed by atoms with Gasteiger partial charge in [-0.2, -0.15) is 17.4 Å². The highest BCUT2D eigenvalue weighted by Crippen LogP contribution is 2.31. The fourth-order valence-electron chi connectivity index (χ4n) is 2.06. The van der Waals surface area contributed by atoms with E-state index in [1.165, 1.54) is 4.31 Å². The number of hydrogen-bond donors (Lipinski definition) is 2. The first-order chi connectivity index (χ1) is 7.83. The second kappa shape index (κ2) is 4.22. The molecule has 0 amide bonds. The average molecular weight is 262 g/mol. The zero-order valence-corrected chi connectivity index (χ0v) is 10.7. The van der Waals surface area contributed by atoms with Crippen molar-refractivity contribution < 1.29 is 18.3 Å². The first-order valence-electron chi connectivity index (χ1n) is 5.84. The molecule has 2 rings (SSSR count). The Morgan fingerprint density at radius 2 is 2.12 bits per heavy atom. The maximum absolute atomic E-state index is 12.0. The molecule has 0 aromatic carbocycles. The molecule has 1 atom stereocenters. The van der Waals surface area contributed by atoms with Gasteiger partial charge < -0.3 is 5.11 Å². The molecule has 6 nitrogen and oxygen atoms in total. The molecule has 7 heteroatoms. The van der Waals surface area contributed by atoms with Crippen molar-refractivity contribution in [2.24, 2.45) is 5.41 Å². The third-order valence-corrected chi connectivity index (χ3v) is 5.03. The highest BCUT2D eigenvalue weighted by atomic mass is 32.2. The van der Waals surface area contributed by atoms with Gasteiger partial charge in [-0.3, -0.25) is 4.79 Å². The van der Waals surface area contributed by atoms with Gasteiger partial charge in [-0.05, 0) is 32.6 Å². The summed E-state index contributed by atoms with van der Waals surface area (Å²) in [6.07, 6.45) is 2.87. The Labute approximate surface area is 101 Å². The van der Waals surface area contributed by atoms with Crippen molar-refractivity contribution in [2.75, 3.05) is 13.1 Å². The van der Waals surface area contributed by atoms with Gasteiger partial charge in [-0.15, -0.1) is 0 Å². The molecule has 98 valence electrons. The van der Waals surface area contributed by atoms with Crippen LogP contribution in [0, 0.1) is 5.41 Å². The highest BCUT2D eigenvalue weighted by Gasteiger charge is 2.42. The molecule has 2 N–H and O–H groups in total. The van der Waals surface area contributed by atoms with E-state index in [2.05, 4.69) is 4.72 Å². The van der Waals surface area contributed by atoms with E-state index >= 15 is 0 Å². The third kappa shape index (κ3) is 2.78. The molecule has 0 radical (unpaired) electrons. The van der Waals surface area contributed by atoms with Crippen LogP contribution in [0.2, 0.25) is 0 Å². The molecule has 0 aromatic heterocycles. The van der Waals surface area contributed by atoms with Crippen LogP contribution in [0.25, 0.3) is 0 Å². The SMILES string of the molecule is CC1(C(=O)O)CCCN(S(=O)(=O)NC2CC2)C1. The Kier molecular flexibility index (Phi) is 3.17. The fourth-order valence-corrected chi connectivity index (χ4v) is 3.69. The lowest BCUT2D eigenvalue weighted by Crippen LogP contribution is -2.52. The van der Waals surface area contributed by atoms with E-state index in [0.717, 1.165) is 12.8 Å². The Hall–Kier alpha value is -0.660. The first kappa shape index (κ1) is 12.8. The van der Waals surface area contributed by atoms with Crippen LogP contribution in [0.1, 0.15) is 32.6 Å². The number of hydrogen-bond acceptors (Lipinski definition) is 3. The van der Waals surface area contributed by atoms with E-state index in [0.29, 0.717) is 19.4 Å². The molecule has 17 heavy (non-hydrogen) atoms. The number of nitrogens with zero attached hydrogens (tertiary/aromatic N) is 1. The number of piperidine rings is 1. The summed E-state index contributed by atoms with van der Waals surface area (Å²) in [5.41, 5.74) is -0.962. The first-order valence-corrected chi connectivity index (χ1v) is 7.28. The molecular formula is C10H18N2O4S. The van der Waals surface area contributed by atoms with E-state index in [4.69, 9.17) is 5.11 Å². The monoisotopic (exact) mass is 262 g/mol. The van der Waals surface area contributed by atoms with Crippen LogP contribution >= 0.6 is 0 Å². The number of carbonyl (C=O) groups is 1. The predicted molar refractivity (Wildman–Crippen MR) is 61.6 cm³/mol. The van der Waals surface area contributed by atoms with Gasteiger partial charge in [0.25, 0.3) is 10.2 Å². The van der Waals surface area contributed by atoms with E-state index in [9.17, 15) is 13.2 Å². The number of carboxylic acids is 1. The zero-order chi connectivity index (χ0) is 12.7. The van der Waals surface area contributed by atoms with Crippen molar-refractivity contribution in [3.8, 4) is 0 Å². The molecule has 1 saturated heterocycles. The van der Waals surface area contributed by atoms with Crippen LogP contribution < -0.4 is 4.72 Å². The van der Waals surface area contributed by atoms with Gasteiger partial charge in [0.15, 0.2) is 0 Å². The number of nitrogens with one attached hydrogen (secondary N) is 1. The van der Waals surface area contributed by atoms with Crippen molar-refractivity contribution in [1.82, 2.24) is 9.03 Å². The Morgan fingerprint density at radius 1 is 1.47 bits per heavy atom. The standard InChI is InChI=1S/C10H18N2O4S/c1-10(9(13)14)5-2-6-12(7-10)17(15,16)11-8-3-4-8/h8,11H,2-7H2,1H3,(H,13,14). The van der Waals surface area contributed by atoms with Crippen LogP contribution in [0.3, 0.4) is 0 Å². The topological polar surface area (TPSA) is 86.7 Å². The van der Waals surface area contributed by atoms with E-state index in [1.807, 2.05) is 0 Å². The largest absolute Gasteiger partial charge is 0.481 e. The summed E-state index contributed by atoms with van der Waals surface area (Å²) in [6.45, 7) is 2.07. The van der Waals surface area contributed by atoms with Crippen LogP contribution in [-0.2, 0) is 15.0 Å². The van der Waals surface area contributed by atoms with Crippen LogP contribution in [-0.4, -0.2) is 42.9 Å². The van der Waals surface area contributed by atoms with E-state index in [-0.39, 0.29) is 12.6 Å². The summed E-state index contributed by atoms with van der Waals surface area (Å²) in [6, 6.07) is 0.0537. The maximum Gasteiger partial charge on any atom is 0.310 e. The van der Waals surface area contributed by atoms with Gasteiger partial charge >= 0.3 is 5.97 Å². The average Bonchev–Trinajstić information content (AvgIpc) is 3.01. The van der Waals surface area contributed by atoms with Crippen molar-refractivity contribution in [3.63, 3.8) is 0 Å². The lowest BCUT2D eigenvalue weighted by molar-refractivity contribution is -0.150. The van der Waals surface area contributed by atoms with Gasteiger partial charge in [0.05, 0.1) is 5.41 Å². The van der Waals surface area contributed by atoms with Gasteiger partial charge in [0.1, 0.15) is 0 Å². The minimum absolute atomic E-state index is 0.0537. The Morgan fingerprint density at radius 3 is 2.65 bits per heavy atom. The van der Waals surface area contributed by atoms with Crippen molar-refractivity contribution in [2.45, 2.75) is 38.6 Å². The van der Waals surface area contributed by atoms with Gasteiger partial charge in [-0.25, -0.2) is 0 Å². The normalized spacial score (nSPS) is 31.4. The molecule has 0 spiro atoms. The molecule has 2 aliphatic rings. The number of rotatable bonds is 4. The zero-order valence-electron chi connectivity index (χ0n) is 9.85. The maximum atomic E-state index is 12.0. The summed E-state index contributed by atoms with van der Waals surface area (Å²) >= 11 is 0. The molecule has 1 aliphatic heterocycles. The van der Waals surface area contributed by atoms with Gasteiger partial charge in [0.2, 0.25) is 0 Å². The van der Waals surface area contributed by atoms with Crippen LogP contribution in [0.5, 0.6) is 0 Å². The minimum Gasteiger partial charge on any atom is -0.481 e. The van der Waals surface area contributed by atoms with E-state index in [1.54, 1.807) is 6.92 Å². The quantitative estimate of drug-likeness (QED) is 0.756. The highest BCUT2D eigenvalue weighted by molar-refractivity contribution is 7.87. The molecule has 1 unspecified atom stereocenters. The second-order valence-electron chi connectivity index (χ2n) is 5.20. The summed E-state index contributed by atoms with van der Waals surface area (Å²) in [4.78, 5) is 11.1. The molecule has 1 heterocycles. The molecule has 1 saturated carbocycles. The fraction of sp³-hybridized carbons (Fsp3) is 0.900. The molecule has 1 aliphatic carbocycles. The van der Waals surface area contributed by atoms with Crippen LogP contribution in [0.4, 0.5) is 0 Å². The predicted octanol–water partition coefficient (Wildman–Crippen LogP) is 0.170.